The highest BCUT2D eigenvalue weighted by molar-refractivity contribution is 6.00. The Bertz CT molecular complexity index is 982. The Balaban J connectivity index is 1.93. The van der Waals surface area contributed by atoms with Crippen LogP contribution in [0.25, 0.3) is 11.0 Å². The Morgan fingerprint density at radius 3 is 2.57 bits per heavy atom. The van der Waals surface area contributed by atoms with Crippen molar-refractivity contribution >= 4 is 22.8 Å². The van der Waals surface area contributed by atoms with Gasteiger partial charge < -0.3 is 19.0 Å². The van der Waals surface area contributed by atoms with Crippen LogP contribution in [-0.2, 0) is 4.74 Å². The molecule has 1 N–H and O–H groups in total. The van der Waals surface area contributed by atoms with Crippen LogP contribution in [0.15, 0.2) is 34.7 Å². The summed E-state index contributed by atoms with van der Waals surface area (Å²) in [6.07, 6.45) is 0. The van der Waals surface area contributed by atoms with Gasteiger partial charge in [0.2, 0.25) is 0 Å². The number of furan rings is 1. The first-order chi connectivity index (χ1) is 13.4. The summed E-state index contributed by atoms with van der Waals surface area (Å²) >= 11 is 0. The molecule has 6 nitrogen and oxygen atoms in total. The number of fused-ring (bicyclic) bond motifs is 1. The van der Waals surface area contributed by atoms with Crippen LogP contribution in [0.2, 0.25) is 0 Å². The SMILES string of the molecule is CCOC(=O)c1c(C)[nH]c(C(=O)N(CC)C(C)c2cc3ccccc3o2)c1C. The molecule has 0 fully saturated rings. The van der Waals surface area contributed by atoms with Crippen molar-refractivity contribution in [3.05, 3.63) is 58.6 Å². The molecule has 0 aliphatic heterocycles. The number of para-hydroxylation sites is 1. The average molecular weight is 382 g/mol. The molecule has 3 rings (SSSR count). The predicted molar refractivity (Wildman–Crippen MR) is 108 cm³/mol. The van der Waals surface area contributed by atoms with E-state index in [1.54, 1.807) is 25.7 Å². The molecule has 148 valence electrons. The van der Waals surface area contributed by atoms with Crippen molar-refractivity contribution < 1.29 is 18.7 Å². The van der Waals surface area contributed by atoms with Gasteiger partial charge in [-0.25, -0.2) is 4.79 Å². The summed E-state index contributed by atoms with van der Waals surface area (Å²) < 4.78 is 11.1. The molecule has 0 aliphatic carbocycles. The molecule has 3 aromatic rings. The summed E-state index contributed by atoms with van der Waals surface area (Å²) in [7, 11) is 0. The maximum absolute atomic E-state index is 13.3. The number of aromatic nitrogens is 1. The zero-order valence-corrected chi connectivity index (χ0v) is 17.0. The van der Waals surface area contributed by atoms with E-state index in [2.05, 4.69) is 4.98 Å². The van der Waals surface area contributed by atoms with Gasteiger partial charge in [0, 0.05) is 17.6 Å². The Kier molecular flexibility index (Phi) is 5.58. The van der Waals surface area contributed by atoms with E-state index < -0.39 is 5.97 Å². The second kappa shape index (κ2) is 7.92. The van der Waals surface area contributed by atoms with Crippen LogP contribution in [0.1, 0.15) is 64.7 Å². The van der Waals surface area contributed by atoms with Gasteiger partial charge in [-0.1, -0.05) is 18.2 Å². The zero-order valence-electron chi connectivity index (χ0n) is 17.0. The van der Waals surface area contributed by atoms with E-state index in [1.807, 2.05) is 44.2 Å². The number of benzene rings is 1. The van der Waals surface area contributed by atoms with E-state index in [1.165, 1.54) is 0 Å². The van der Waals surface area contributed by atoms with E-state index in [0.717, 1.165) is 16.7 Å². The molecule has 1 atom stereocenters. The number of H-pyrrole nitrogens is 1. The van der Waals surface area contributed by atoms with Gasteiger partial charge in [0.15, 0.2) is 0 Å². The summed E-state index contributed by atoms with van der Waals surface area (Å²) in [5, 5.41) is 1.00. The predicted octanol–water partition coefficient (Wildman–Crippen LogP) is 4.78. The highest BCUT2D eigenvalue weighted by Gasteiger charge is 2.29. The third kappa shape index (κ3) is 3.42. The fourth-order valence-corrected chi connectivity index (χ4v) is 3.57. The van der Waals surface area contributed by atoms with Crippen LogP contribution in [0, 0.1) is 13.8 Å². The monoisotopic (exact) mass is 382 g/mol. The molecule has 6 heteroatoms. The molecule has 2 aromatic heterocycles. The topological polar surface area (TPSA) is 75.5 Å². The van der Waals surface area contributed by atoms with Gasteiger partial charge in [0.1, 0.15) is 17.0 Å². The zero-order chi connectivity index (χ0) is 20.4. The molecule has 0 saturated heterocycles. The number of rotatable bonds is 6. The van der Waals surface area contributed by atoms with Crippen LogP contribution in [-0.4, -0.2) is 34.9 Å². The molecule has 1 unspecified atom stereocenters. The number of esters is 1. The van der Waals surface area contributed by atoms with E-state index in [4.69, 9.17) is 9.15 Å². The fraction of sp³-hybridized carbons (Fsp3) is 0.364. The largest absolute Gasteiger partial charge is 0.462 e. The van der Waals surface area contributed by atoms with Gasteiger partial charge in [-0.2, -0.15) is 0 Å². The number of nitrogens with zero attached hydrogens (tertiary/aromatic N) is 1. The number of aromatic amines is 1. The lowest BCUT2D eigenvalue weighted by atomic mass is 10.1. The number of hydrogen-bond donors (Lipinski definition) is 1. The minimum atomic E-state index is -0.416. The van der Waals surface area contributed by atoms with Gasteiger partial charge >= 0.3 is 5.97 Å². The molecule has 0 radical (unpaired) electrons. The van der Waals surface area contributed by atoms with Gasteiger partial charge in [-0.3, -0.25) is 4.79 Å². The lowest BCUT2D eigenvalue weighted by Crippen LogP contribution is -2.34. The van der Waals surface area contributed by atoms with Gasteiger partial charge in [0.05, 0.1) is 18.2 Å². The summed E-state index contributed by atoms with van der Waals surface area (Å²) in [4.78, 5) is 30.3. The molecule has 0 bridgehead atoms. The molecule has 28 heavy (non-hydrogen) atoms. The van der Waals surface area contributed by atoms with Crippen molar-refractivity contribution in [1.29, 1.82) is 0 Å². The van der Waals surface area contributed by atoms with Crippen LogP contribution in [0.3, 0.4) is 0 Å². The Labute approximate surface area is 164 Å². The first kappa shape index (κ1) is 19.7. The molecule has 2 heterocycles. The molecule has 1 amide bonds. The standard InChI is InChI=1S/C22H26N2O4/c1-6-24(15(5)18-12-16-10-8-9-11-17(16)28-18)21(25)20-13(3)19(14(4)23-20)22(26)27-7-2/h8-12,15,23H,6-7H2,1-5H3. The second-order valence-electron chi connectivity index (χ2n) is 6.80. The number of nitrogens with one attached hydrogen (secondary N) is 1. The van der Waals surface area contributed by atoms with Crippen molar-refractivity contribution in [1.82, 2.24) is 9.88 Å². The number of ether oxygens (including phenoxy) is 1. The number of amides is 1. The molecular formula is C22H26N2O4. The van der Waals surface area contributed by atoms with Crippen LogP contribution in [0.4, 0.5) is 0 Å². The summed E-state index contributed by atoms with van der Waals surface area (Å²) in [6, 6.07) is 9.48. The number of hydrogen-bond acceptors (Lipinski definition) is 4. The normalized spacial score (nSPS) is 12.2. The van der Waals surface area contributed by atoms with Gasteiger partial charge in [-0.05, 0) is 52.3 Å². The van der Waals surface area contributed by atoms with Gasteiger partial charge in [-0.15, -0.1) is 0 Å². The smallest absolute Gasteiger partial charge is 0.340 e. The maximum atomic E-state index is 13.3. The minimum absolute atomic E-state index is 0.174. The third-order valence-corrected chi connectivity index (χ3v) is 5.06. The van der Waals surface area contributed by atoms with E-state index in [-0.39, 0.29) is 18.6 Å². The van der Waals surface area contributed by atoms with E-state index >= 15 is 0 Å². The van der Waals surface area contributed by atoms with Gasteiger partial charge in [0.25, 0.3) is 5.91 Å². The number of carbonyl (C=O) groups is 2. The van der Waals surface area contributed by atoms with Crippen LogP contribution >= 0.6 is 0 Å². The highest BCUT2D eigenvalue weighted by Crippen LogP contribution is 2.29. The highest BCUT2D eigenvalue weighted by atomic mass is 16.5. The fourth-order valence-electron chi connectivity index (χ4n) is 3.57. The van der Waals surface area contributed by atoms with Crippen molar-refractivity contribution in [3.8, 4) is 0 Å². The molecule has 0 spiro atoms. The van der Waals surface area contributed by atoms with E-state index in [0.29, 0.717) is 29.1 Å². The lowest BCUT2D eigenvalue weighted by molar-refractivity contribution is 0.0525. The molecular weight excluding hydrogens is 356 g/mol. The van der Waals surface area contributed by atoms with Crippen molar-refractivity contribution in [2.24, 2.45) is 0 Å². The molecule has 0 aliphatic rings. The number of carbonyl (C=O) groups excluding carboxylic acids is 2. The lowest BCUT2D eigenvalue weighted by Gasteiger charge is -2.26. The third-order valence-electron chi connectivity index (χ3n) is 5.06. The average Bonchev–Trinajstić information content (AvgIpc) is 3.23. The molecule has 0 saturated carbocycles. The molecule has 1 aromatic carbocycles. The minimum Gasteiger partial charge on any atom is -0.462 e. The van der Waals surface area contributed by atoms with Crippen molar-refractivity contribution in [3.63, 3.8) is 0 Å². The quantitative estimate of drug-likeness (QED) is 0.623. The Morgan fingerprint density at radius 1 is 1.21 bits per heavy atom. The van der Waals surface area contributed by atoms with Crippen LogP contribution < -0.4 is 0 Å². The van der Waals surface area contributed by atoms with Crippen molar-refractivity contribution in [2.75, 3.05) is 13.2 Å². The van der Waals surface area contributed by atoms with Crippen LogP contribution in [0.5, 0.6) is 0 Å². The Morgan fingerprint density at radius 2 is 1.93 bits per heavy atom. The Hall–Kier alpha value is -3.02. The summed E-state index contributed by atoms with van der Waals surface area (Å²) in [5.74, 6) is 0.135. The number of aryl methyl sites for hydroxylation is 1. The van der Waals surface area contributed by atoms with Crippen molar-refractivity contribution in [2.45, 2.75) is 40.7 Å². The first-order valence-electron chi connectivity index (χ1n) is 9.54. The first-order valence-corrected chi connectivity index (χ1v) is 9.54. The second-order valence-corrected chi connectivity index (χ2v) is 6.80. The van der Waals surface area contributed by atoms with E-state index in [9.17, 15) is 9.59 Å². The summed E-state index contributed by atoms with van der Waals surface area (Å²) in [5.41, 5.74) is 2.87. The maximum Gasteiger partial charge on any atom is 0.340 e. The summed E-state index contributed by atoms with van der Waals surface area (Å²) in [6.45, 7) is 9.96.